The van der Waals surface area contributed by atoms with Crippen LogP contribution in [0.3, 0.4) is 0 Å². The van der Waals surface area contributed by atoms with Crippen molar-refractivity contribution in [1.29, 1.82) is 0 Å². The number of aromatic nitrogens is 5. The van der Waals surface area contributed by atoms with E-state index in [0.717, 1.165) is 30.3 Å². The van der Waals surface area contributed by atoms with Crippen LogP contribution in [0.1, 0.15) is 18.5 Å². The van der Waals surface area contributed by atoms with E-state index in [1.807, 2.05) is 6.92 Å². The predicted octanol–water partition coefficient (Wildman–Crippen LogP) is 1.39. The minimum atomic E-state index is -0.165. The smallest absolute Gasteiger partial charge is 0.274 e. The maximum absolute atomic E-state index is 12.1. The van der Waals surface area contributed by atoms with Crippen molar-refractivity contribution in [3.8, 4) is 11.3 Å². The zero-order valence-electron chi connectivity index (χ0n) is 12.3. The van der Waals surface area contributed by atoms with Crippen LogP contribution in [0.15, 0.2) is 29.5 Å². The molecule has 1 fully saturated rings. The molecule has 4 rings (SSSR count). The second-order valence-corrected chi connectivity index (χ2v) is 5.58. The Hall–Kier alpha value is -2.70. The third-order valence-corrected chi connectivity index (χ3v) is 3.93. The number of hydrogen-bond acceptors (Lipinski definition) is 5. The van der Waals surface area contributed by atoms with Gasteiger partial charge in [0.2, 0.25) is 5.95 Å². The first-order chi connectivity index (χ1) is 10.7. The summed E-state index contributed by atoms with van der Waals surface area (Å²) in [4.78, 5) is 26.0. The monoisotopic (exact) mass is 296 g/mol. The fourth-order valence-electron chi connectivity index (χ4n) is 2.81. The SMILES string of the molecule is Cc1cc2c(=O)[nH]c(-c3cnc(N4CCCC4)nc3)cn2n1. The van der Waals surface area contributed by atoms with Gasteiger partial charge in [-0.05, 0) is 25.8 Å². The molecule has 0 spiro atoms. The van der Waals surface area contributed by atoms with Crippen molar-refractivity contribution in [3.05, 3.63) is 40.7 Å². The quantitative estimate of drug-likeness (QED) is 0.773. The molecule has 0 radical (unpaired) electrons. The highest BCUT2D eigenvalue weighted by Gasteiger charge is 2.15. The first kappa shape index (κ1) is 13.0. The molecule has 1 N–H and O–H groups in total. The average molecular weight is 296 g/mol. The first-order valence-corrected chi connectivity index (χ1v) is 7.37. The van der Waals surface area contributed by atoms with Gasteiger partial charge in [0.15, 0.2) is 0 Å². The molecule has 1 aliphatic heterocycles. The van der Waals surface area contributed by atoms with Crippen molar-refractivity contribution in [2.75, 3.05) is 18.0 Å². The van der Waals surface area contributed by atoms with E-state index >= 15 is 0 Å². The summed E-state index contributed by atoms with van der Waals surface area (Å²) in [6, 6.07) is 1.76. The lowest BCUT2D eigenvalue weighted by Gasteiger charge is -2.14. The summed E-state index contributed by atoms with van der Waals surface area (Å²) >= 11 is 0. The first-order valence-electron chi connectivity index (χ1n) is 7.37. The molecule has 22 heavy (non-hydrogen) atoms. The molecule has 0 saturated carbocycles. The Morgan fingerprint density at radius 2 is 1.91 bits per heavy atom. The van der Waals surface area contributed by atoms with E-state index in [1.54, 1.807) is 29.2 Å². The van der Waals surface area contributed by atoms with Gasteiger partial charge < -0.3 is 9.88 Å². The molecule has 0 aromatic carbocycles. The molecule has 7 nitrogen and oxygen atoms in total. The van der Waals surface area contributed by atoms with Gasteiger partial charge in [-0.2, -0.15) is 5.10 Å². The summed E-state index contributed by atoms with van der Waals surface area (Å²) in [7, 11) is 0. The Labute approximate surface area is 126 Å². The van der Waals surface area contributed by atoms with E-state index in [9.17, 15) is 4.79 Å². The van der Waals surface area contributed by atoms with Crippen molar-refractivity contribution >= 4 is 11.5 Å². The summed E-state index contributed by atoms with van der Waals surface area (Å²) in [6.07, 6.45) is 7.65. The third-order valence-electron chi connectivity index (χ3n) is 3.93. The number of hydrogen-bond donors (Lipinski definition) is 1. The molecule has 1 saturated heterocycles. The molecule has 0 atom stereocenters. The maximum atomic E-state index is 12.1. The van der Waals surface area contributed by atoms with Gasteiger partial charge in [-0.15, -0.1) is 0 Å². The molecule has 0 unspecified atom stereocenters. The Balaban J connectivity index is 1.73. The van der Waals surface area contributed by atoms with Crippen molar-refractivity contribution in [2.45, 2.75) is 19.8 Å². The molecule has 1 aliphatic rings. The molecule has 3 aromatic rings. The van der Waals surface area contributed by atoms with Gasteiger partial charge in [0.05, 0.1) is 17.6 Å². The number of anilines is 1. The minimum Gasteiger partial charge on any atom is -0.341 e. The van der Waals surface area contributed by atoms with Gasteiger partial charge in [0, 0.05) is 31.0 Å². The second-order valence-electron chi connectivity index (χ2n) is 5.58. The number of aryl methyl sites for hydroxylation is 1. The molecule has 7 heteroatoms. The fraction of sp³-hybridized carbons (Fsp3) is 0.333. The average Bonchev–Trinajstić information content (AvgIpc) is 3.16. The van der Waals surface area contributed by atoms with Crippen LogP contribution >= 0.6 is 0 Å². The lowest BCUT2D eigenvalue weighted by Crippen LogP contribution is -2.20. The van der Waals surface area contributed by atoms with Crippen LogP contribution in [0.2, 0.25) is 0 Å². The summed E-state index contributed by atoms with van der Waals surface area (Å²) in [5.41, 5.74) is 2.62. The highest BCUT2D eigenvalue weighted by Crippen LogP contribution is 2.19. The predicted molar refractivity (Wildman–Crippen MR) is 83.0 cm³/mol. The molecule has 0 amide bonds. The minimum absolute atomic E-state index is 0.165. The zero-order chi connectivity index (χ0) is 15.1. The highest BCUT2D eigenvalue weighted by molar-refractivity contribution is 5.59. The summed E-state index contributed by atoms with van der Waals surface area (Å²) < 4.78 is 1.60. The number of nitrogens with one attached hydrogen (secondary N) is 1. The standard InChI is InChI=1S/C15H16N6O/c1-10-6-13-14(22)18-12(9-21(13)19-10)11-7-16-15(17-8-11)20-4-2-3-5-20/h6-9H,2-5H2,1H3,(H,18,22). The zero-order valence-corrected chi connectivity index (χ0v) is 12.3. The molecule has 4 heterocycles. The van der Waals surface area contributed by atoms with Crippen LogP contribution < -0.4 is 10.5 Å². The Bertz CT molecular complexity index is 873. The van der Waals surface area contributed by atoms with Crippen LogP contribution in [0, 0.1) is 6.92 Å². The van der Waals surface area contributed by atoms with Gasteiger partial charge in [0.25, 0.3) is 5.56 Å². The number of rotatable bonds is 2. The van der Waals surface area contributed by atoms with Crippen LogP contribution in [-0.4, -0.2) is 37.7 Å². The van der Waals surface area contributed by atoms with E-state index in [1.165, 1.54) is 12.8 Å². The Morgan fingerprint density at radius 3 is 2.64 bits per heavy atom. The fourth-order valence-corrected chi connectivity index (χ4v) is 2.81. The van der Waals surface area contributed by atoms with Gasteiger partial charge in [-0.1, -0.05) is 0 Å². The van der Waals surface area contributed by atoms with Gasteiger partial charge in [0.1, 0.15) is 5.52 Å². The van der Waals surface area contributed by atoms with Gasteiger partial charge in [-0.25, -0.2) is 14.5 Å². The summed E-state index contributed by atoms with van der Waals surface area (Å²) in [5.74, 6) is 0.750. The Kier molecular flexibility index (Phi) is 2.92. The van der Waals surface area contributed by atoms with E-state index in [2.05, 4.69) is 25.0 Å². The molecule has 3 aromatic heterocycles. The van der Waals surface area contributed by atoms with Crippen LogP contribution in [-0.2, 0) is 0 Å². The Morgan fingerprint density at radius 1 is 1.18 bits per heavy atom. The molecule has 0 bridgehead atoms. The number of aromatic amines is 1. The van der Waals surface area contributed by atoms with Crippen LogP contribution in [0.4, 0.5) is 5.95 Å². The molecular weight excluding hydrogens is 280 g/mol. The van der Waals surface area contributed by atoms with Crippen LogP contribution in [0.5, 0.6) is 0 Å². The molecular formula is C15H16N6O. The lowest BCUT2D eigenvalue weighted by atomic mass is 10.2. The highest BCUT2D eigenvalue weighted by atomic mass is 16.1. The van der Waals surface area contributed by atoms with E-state index in [0.29, 0.717) is 11.2 Å². The third kappa shape index (κ3) is 2.14. The lowest BCUT2D eigenvalue weighted by molar-refractivity contribution is 0.895. The van der Waals surface area contributed by atoms with E-state index in [-0.39, 0.29) is 5.56 Å². The number of H-pyrrole nitrogens is 1. The van der Waals surface area contributed by atoms with E-state index in [4.69, 9.17) is 0 Å². The molecule has 0 aliphatic carbocycles. The number of nitrogens with zero attached hydrogens (tertiary/aromatic N) is 5. The van der Waals surface area contributed by atoms with Crippen molar-refractivity contribution in [1.82, 2.24) is 24.6 Å². The molecule has 112 valence electrons. The summed E-state index contributed by atoms with van der Waals surface area (Å²) in [6.45, 7) is 3.88. The van der Waals surface area contributed by atoms with Gasteiger partial charge in [-0.3, -0.25) is 4.79 Å². The largest absolute Gasteiger partial charge is 0.341 e. The topological polar surface area (TPSA) is 79.2 Å². The number of fused-ring (bicyclic) bond motifs is 1. The summed E-state index contributed by atoms with van der Waals surface area (Å²) in [5, 5.41) is 4.29. The van der Waals surface area contributed by atoms with E-state index < -0.39 is 0 Å². The normalized spacial score (nSPS) is 14.9. The van der Waals surface area contributed by atoms with Crippen molar-refractivity contribution < 1.29 is 0 Å². The van der Waals surface area contributed by atoms with Crippen LogP contribution in [0.25, 0.3) is 16.8 Å². The van der Waals surface area contributed by atoms with Crippen molar-refractivity contribution in [3.63, 3.8) is 0 Å². The van der Waals surface area contributed by atoms with Crippen molar-refractivity contribution in [2.24, 2.45) is 0 Å². The van der Waals surface area contributed by atoms with Gasteiger partial charge >= 0.3 is 0 Å². The second kappa shape index (κ2) is 4.94. The maximum Gasteiger partial charge on any atom is 0.274 e.